The van der Waals surface area contributed by atoms with Gasteiger partial charge in [-0.05, 0) is 49.8 Å². The zero-order valence-corrected chi connectivity index (χ0v) is 17.4. The summed E-state index contributed by atoms with van der Waals surface area (Å²) >= 11 is 12.1. The van der Waals surface area contributed by atoms with Gasteiger partial charge in [0, 0.05) is 26.2 Å². The maximum Gasteiger partial charge on any atom is 0.173 e. The second-order valence-corrected chi connectivity index (χ2v) is 7.52. The fourth-order valence-electron chi connectivity index (χ4n) is 3.04. The minimum atomic E-state index is 0.619. The van der Waals surface area contributed by atoms with Crippen LogP contribution in [0.25, 0.3) is 0 Å². The first kappa shape index (κ1) is 20.1. The molecular weight excluding hydrogens is 382 g/mol. The summed E-state index contributed by atoms with van der Waals surface area (Å²) < 4.78 is 11.2. The SMILES string of the molecule is Cc1ccc(CN(CCN2CCOCC2)C(=S)Nc2cccc(C)c2Cl)o1. The molecule has 0 atom stereocenters. The summed E-state index contributed by atoms with van der Waals surface area (Å²) in [6.45, 7) is 9.77. The molecule has 3 rings (SSSR count). The Labute approximate surface area is 171 Å². The zero-order chi connectivity index (χ0) is 19.2. The molecule has 0 unspecified atom stereocenters. The largest absolute Gasteiger partial charge is 0.464 e. The Morgan fingerprint density at radius 2 is 2.00 bits per heavy atom. The van der Waals surface area contributed by atoms with Crippen molar-refractivity contribution in [2.24, 2.45) is 0 Å². The highest BCUT2D eigenvalue weighted by Crippen LogP contribution is 2.25. The molecular formula is C20H26ClN3O2S. The smallest absolute Gasteiger partial charge is 0.173 e. The van der Waals surface area contributed by atoms with Gasteiger partial charge in [0.2, 0.25) is 0 Å². The number of nitrogens with one attached hydrogen (secondary N) is 1. The highest BCUT2D eigenvalue weighted by Gasteiger charge is 2.17. The van der Waals surface area contributed by atoms with E-state index in [2.05, 4.69) is 15.1 Å². The zero-order valence-electron chi connectivity index (χ0n) is 15.8. The van der Waals surface area contributed by atoms with Gasteiger partial charge in [-0.3, -0.25) is 4.90 Å². The molecule has 0 bridgehead atoms. The molecule has 1 aromatic carbocycles. The van der Waals surface area contributed by atoms with Crippen molar-refractivity contribution in [3.63, 3.8) is 0 Å². The summed E-state index contributed by atoms with van der Waals surface area (Å²) in [7, 11) is 0. The van der Waals surface area contributed by atoms with E-state index in [-0.39, 0.29) is 0 Å². The molecule has 1 aromatic heterocycles. The third kappa shape index (κ3) is 5.69. The Morgan fingerprint density at radius 1 is 1.22 bits per heavy atom. The molecule has 146 valence electrons. The van der Waals surface area contributed by atoms with Crippen LogP contribution in [0.3, 0.4) is 0 Å². The van der Waals surface area contributed by atoms with Crippen molar-refractivity contribution in [2.75, 3.05) is 44.7 Å². The normalized spacial score (nSPS) is 14.9. The molecule has 0 aliphatic carbocycles. The van der Waals surface area contributed by atoms with Gasteiger partial charge in [-0.25, -0.2) is 0 Å². The fourth-order valence-corrected chi connectivity index (χ4v) is 3.47. The van der Waals surface area contributed by atoms with Gasteiger partial charge in [0.25, 0.3) is 0 Å². The van der Waals surface area contributed by atoms with Gasteiger partial charge in [-0.2, -0.15) is 0 Å². The highest BCUT2D eigenvalue weighted by molar-refractivity contribution is 7.80. The monoisotopic (exact) mass is 407 g/mol. The van der Waals surface area contributed by atoms with Crippen LogP contribution in [0, 0.1) is 13.8 Å². The standard InChI is InChI=1S/C20H26ClN3O2S/c1-15-4-3-5-18(19(15)21)22-20(27)24(14-17-7-6-16(2)26-17)9-8-23-10-12-25-13-11-23/h3-7H,8-14H2,1-2H3,(H,22,27). The number of ether oxygens (including phenoxy) is 1. The topological polar surface area (TPSA) is 40.9 Å². The second-order valence-electron chi connectivity index (χ2n) is 6.75. The van der Waals surface area contributed by atoms with Crippen LogP contribution in [0.5, 0.6) is 0 Å². The van der Waals surface area contributed by atoms with Crippen molar-refractivity contribution in [1.82, 2.24) is 9.80 Å². The highest BCUT2D eigenvalue weighted by atomic mass is 35.5. The first-order valence-corrected chi connectivity index (χ1v) is 9.98. The van der Waals surface area contributed by atoms with Crippen LogP contribution in [0.4, 0.5) is 5.69 Å². The van der Waals surface area contributed by atoms with Crippen molar-refractivity contribution in [1.29, 1.82) is 0 Å². The molecule has 0 radical (unpaired) electrons. The molecule has 0 saturated carbocycles. The number of rotatable bonds is 6. The van der Waals surface area contributed by atoms with Gasteiger partial charge < -0.3 is 19.4 Å². The molecule has 5 nitrogen and oxygen atoms in total. The lowest BCUT2D eigenvalue weighted by molar-refractivity contribution is 0.0356. The van der Waals surface area contributed by atoms with E-state index in [4.69, 9.17) is 33.0 Å². The average Bonchev–Trinajstić information content (AvgIpc) is 3.08. The van der Waals surface area contributed by atoms with Crippen LogP contribution in [0.1, 0.15) is 17.1 Å². The minimum Gasteiger partial charge on any atom is -0.464 e. The molecule has 1 aliphatic heterocycles. The molecule has 2 heterocycles. The van der Waals surface area contributed by atoms with Crippen LogP contribution in [-0.4, -0.2) is 54.3 Å². The Morgan fingerprint density at radius 3 is 2.70 bits per heavy atom. The van der Waals surface area contributed by atoms with Gasteiger partial charge in [0.05, 0.1) is 30.5 Å². The Balaban J connectivity index is 1.68. The summed E-state index contributed by atoms with van der Waals surface area (Å²) in [4.78, 5) is 4.52. The predicted octanol–water partition coefficient (Wildman–Crippen LogP) is 4.08. The molecule has 1 N–H and O–H groups in total. The van der Waals surface area contributed by atoms with E-state index >= 15 is 0 Å². The number of nitrogens with zero attached hydrogens (tertiary/aromatic N) is 2. The van der Waals surface area contributed by atoms with Crippen molar-refractivity contribution in [2.45, 2.75) is 20.4 Å². The van der Waals surface area contributed by atoms with Gasteiger partial charge in [-0.1, -0.05) is 23.7 Å². The summed E-state index contributed by atoms with van der Waals surface area (Å²) in [6, 6.07) is 9.88. The van der Waals surface area contributed by atoms with E-state index in [1.165, 1.54) is 0 Å². The fraction of sp³-hybridized carbons (Fsp3) is 0.450. The molecule has 0 amide bonds. The number of morpholine rings is 1. The Kier molecular flexibility index (Phi) is 7.13. The number of thiocarbonyl (C=S) groups is 1. The number of halogens is 1. The van der Waals surface area contributed by atoms with Crippen LogP contribution in [-0.2, 0) is 11.3 Å². The van der Waals surface area contributed by atoms with E-state index in [1.807, 2.05) is 44.2 Å². The average molecular weight is 408 g/mol. The number of furan rings is 1. The van der Waals surface area contributed by atoms with E-state index in [0.29, 0.717) is 16.7 Å². The maximum absolute atomic E-state index is 6.42. The quantitative estimate of drug-likeness (QED) is 0.727. The van der Waals surface area contributed by atoms with Gasteiger partial charge in [-0.15, -0.1) is 0 Å². The van der Waals surface area contributed by atoms with Crippen molar-refractivity contribution < 1.29 is 9.15 Å². The van der Waals surface area contributed by atoms with Crippen LogP contribution in [0.2, 0.25) is 5.02 Å². The summed E-state index contributed by atoms with van der Waals surface area (Å²) in [5.41, 5.74) is 1.85. The van der Waals surface area contributed by atoms with Crippen molar-refractivity contribution in [3.05, 3.63) is 52.4 Å². The summed E-state index contributed by atoms with van der Waals surface area (Å²) in [5.74, 6) is 1.80. The van der Waals surface area contributed by atoms with E-state index < -0.39 is 0 Å². The van der Waals surface area contributed by atoms with Gasteiger partial charge in [0.15, 0.2) is 5.11 Å². The lowest BCUT2D eigenvalue weighted by Gasteiger charge is -2.31. The Bertz CT molecular complexity index is 774. The van der Waals surface area contributed by atoms with Crippen LogP contribution in [0.15, 0.2) is 34.7 Å². The number of hydrogen-bond donors (Lipinski definition) is 1. The van der Waals surface area contributed by atoms with E-state index in [9.17, 15) is 0 Å². The van der Waals surface area contributed by atoms with Crippen LogP contribution >= 0.6 is 23.8 Å². The molecule has 7 heteroatoms. The summed E-state index contributed by atoms with van der Waals surface area (Å²) in [5, 5.41) is 4.65. The predicted molar refractivity (Wildman–Crippen MR) is 114 cm³/mol. The summed E-state index contributed by atoms with van der Waals surface area (Å²) in [6.07, 6.45) is 0. The van der Waals surface area contributed by atoms with Crippen molar-refractivity contribution >= 4 is 34.6 Å². The van der Waals surface area contributed by atoms with Crippen molar-refractivity contribution in [3.8, 4) is 0 Å². The third-order valence-electron chi connectivity index (χ3n) is 4.65. The molecule has 0 spiro atoms. The van der Waals surface area contributed by atoms with Crippen LogP contribution < -0.4 is 5.32 Å². The first-order chi connectivity index (χ1) is 13.0. The lowest BCUT2D eigenvalue weighted by Crippen LogP contribution is -2.43. The maximum atomic E-state index is 6.42. The van der Waals surface area contributed by atoms with Gasteiger partial charge >= 0.3 is 0 Å². The molecule has 1 aliphatic rings. The number of benzene rings is 1. The first-order valence-electron chi connectivity index (χ1n) is 9.19. The number of hydrogen-bond acceptors (Lipinski definition) is 4. The second kappa shape index (κ2) is 9.55. The lowest BCUT2D eigenvalue weighted by atomic mass is 10.2. The molecule has 1 saturated heterocycles. The Hall–Kier alpha value is -1.60. The number of aryl methyl sites for hydroxylation is 2. The molecule has 2 aromatic rings. The van der Waals surface area contributed by atoms with Gasteiger partial charge in [0.1, 0.15) is 11.5 Å². The third-order valence-corrected chi connectivity index (χ3v) is 5.52. The minimum absolute atomic E-state index is 0.619. The molecule has 1 fully saturated rings. The number of anilines is 1. The van der Waals surface area contributed by atoms with E-state index in [1.54, 1.807) is 0 Å². The molecule has 27 heavy (non-hydrogen) atoms. The van der Waals surface area contributed by atoms with E-state index in [0.717, 1.165) is 62.2 Å².